The van der Waals surface area contributed by atoms with Gasteiger partial charge in [0.15, 0.2) is 0 Å². The first-order chi connectivity index (χ1) is 13.2. The highest BCUT2D eigenvalue weighted by Gasteiger charge is 2.32. The summed E-state index contributed by atoms with van der Waals surface area (Å²) < 4.78 is 6.36. The van der Waals surface area contributed by atoms with Crippen LogP contribution < -0.4 is 4.74 Å². The number of ether oxygens (including phenoxy) is 1. The summed E-state index contributed by atoms with van der Waals surface area (Å²) >= 11 is 1.74. The third kappa shape index (κ3) is 4.53. The molecule has 2 atom stereocenters. The van der Waals surface area contributed by atoms with Crippen molar-refractivity contribution in [3.05, 3.63) is 48.0 Å². The molecule has 144 valence electrons. The van der Waals surface area contributed by atoms with Crippen LogP contribution in [0.2, 0.25) is 0 Å². The van der Waals surface area contributed by atoms with Crippen LogP contribution in [0, 0.1) is 0 Å². The fourth-order valence-corrected chi connectivity index (χ4v) is 5.31. The molecule has 0 aliphatic carbocycles. The molecule has 2 heterocycles. The Labute approximate surface area is 165 Å². The number of rotatable bonds is 5. The number of hydrogen-bond donors (Lipinski definition) is 2. The van der Waals surface area contributed by atoms with Gasteiger partial charge in [-0.05, 0) is 81.2 Å². The number of piperidine rings is 1. The van der Waals surface area contributed by atoms with Gasteiger partial charge in [0.05, 0.1) is 10.1 Å². The van der Waals surface area contributed by atoms with Crippen molar-refractivity contribution in [1.29, 1.82) is 0 Å². The third-order valence-electron chi connectivity index (χ3n) is 5.43. The molecule has 5 heteroatoms. The zero-order chi connectivity index (χ0) is 18.6. The zero-order valence-corrected chi connectivity index (χ0v) is 16.3. The SMILES string of the molecule is Oc1ccc([C@H]2Sc3cc(O)ccc3O[C@H]2CCCN2CCCCC2)cc1. The molecule has 4 rings (SSSR count). The largest absolute Gasteiger partial charge is 0.508 e. The van der Waals surface area contributed by atoms with Gasteiger partial charge in [0.25, 0.3) is 0 Å². The van der Waals surface area contributed by atoms with Crippen molar-refractivity contribution < 1.29 is 14.9 Å². The summed E-state index contributed by atoms with van der Waals surface area (Å²) in [5, 5.41) is 19.6. The van der Waals surface area contributed by atoms with Crippen LogP contribution in [0.5, 0.6) is 17.2 Å². The highest BCUT2D eigenvalue weighted by Crippen LogP contribution is 2.49. The van der Waals surface area contributed by atoms with Crippen LogP contribution in [0.3, 0.4) is 0 Å². The minimum atomic E-state index is 0.0846. The van der Waals surface area contributed by atoms with Crippen molar-refractivity contribution in [3.8, 4) is 17.2 Å². The van der Waals surface area contributed by atoms with Crippen LogP contribution in [0.25, 0.3) is 0 Å². The van der Waals surface area contributed by atoms with Gasteiger partial charge in [-0.1, -0.05) is 18.6 Å². The van der Waals surface area contributed by atoms with Crippen LogP contribution in [-0.4, -0.2) is 40.9 Å². The van der Waals surface area contributed by atoms with Crippen LogP contribution in [0.1, 0.15) is 42.9 Å². The van der Waals surface area contributed by atoms with E-state index in [4.69, 9.17) is 4.74 Å². The first-order valence-electron chi connectivity index (χ1n) is 9.87. The summed E-state index contributed by atoms with van der Waals surface area (Å²) in [5.41, 5.74) is 1.15. The monoisotopic (exact) mass is 385 g/mol. The predicted molar refractivity (Wildman–Crippen MR) is 109 cm³/mol. The lowest BCUT2D eigenvalue weighted by Crippen LogP contribution is -2.32. The molecule has 0 saturated carbocycles. The van der Waals surface area contributed by atoms with Crippen LogP contribution >= 0.6 is 11.8 Å². The number of hydrogen-bond acceptors (Lipinski definition) is 5. The van der Waals surface area contributed by atoms with Crippen molar-refractivity contribution in [2.75, 3.05) is 19.6 Å². The number of likely N-dealkylation sites (tertiary alicyclic amines) is 1. The molecule has 2 aromatic carbocycles. The third-order valence-corrected chi connectivity index (χ3v) is 6.83. The fourth-order valence-electron chi connectivity index (χ4n) is 3.98. The summed E-state index contributed by atoms with van der Waals surface area (Å²) in [5.74, 6) is 1.40. The van der Waals surface area contributed by atoms with Gasteiger partial charge in [0.2, 0.25) is 0 Å². The van der Waals surface area contributed by atoms with E-state index in [1.54, 1.807) is 36.0 Å². The number of aromatic hydroxyl groups is 2. The summed E-state index contributed by atoms with van der Waals surface area (Å²) in [6.45, 7) is 3.59. The van der Waals surface area contributed by atoms with Crippen molar-refractivity contribution in [2.24, 2.45) is 0 Å². The lowest BCUT2D eigenvalue weighted by atomic mass is 10.0. The van der Waals surface area contributed by atoms with E-state index in [9.17, 15) is 10.2 Å². The molecule has 1 fully saturated rings. The average Bonchev–Trinajstić information content (AvgIpc) is 2.69. The quantitative estimate of drug-likeness (QED) is 0.762. The van der Waals surface area contributed by atoms with E-state index in [1.165, 1.54) is 32.4 Å². The predicted octanol–water partition coefficient (Wildman–Crippen LogP) is 4.96. The van der Waals surface area contributed by atoms with Gasteiger partial charge in [0, 0.05) is 0 Å². The Morgan fingerprint density at radius 2 is 1.70 bits per heavy atom. The normalized spacial score (nSPS) is 22.8. The molecule has 0 bridgehead atoms. The van der Waals surface area contributed by atoms with E-state index in [0.717, 1.165) is 35.6 Å². The number of phenolic OH excluding ortho intramolecular Hbond substituents is 2. The van der Waals surface area contributed by atoms with Crippen molar-refractivity contribution in [1.82, 2.24) is 4.90 Å². The molecule has 1 saturated heterocycles. The number of fused-ring (bicyclic) bond motifs is 1. The maximum Gasteiger partial charge on any atom is 0.133 e. The lowest BCUT2D eigenvalue weighted by Gasteiger charge is -2.34. The van der Waals surface area contributed by atoms with Crippen LogP contribution in [0.4, 0.5) is 0 Å². The first kappa shape index (κ1) is 18.5. The number of phenols is 2. The molecule has 0 amide bonds. The second kappa shape index (κ2) is 8.44. The van der Waals surface area contributed by atoms with Crippen molar-refractivity contribution in [3.63, 3.8) is 0 Å². The molecule has 4 nitrogen and oxygen atoms in total. The molecular formula is C22H27NO3S. The Kier molecular flexibility index (Phi) is 5.79. The van der Waals surface area contributed by atoms with E-state index in [2.05, 4.69) is 4.90 Å². The molecular weight excluding hydrogens is 358 g/mol. The molecule has 0 spiro atoms. The average molecular weight is 386 g/mol. The number of thioether (sulfide) groups is 1. The summed E-state index contributed by atoms with van der Waals surface area (Å²) in [6.07, 6.45) is 6.21. The van der Waals surface area contributed by atoms with Crippen LogP contribution in [-0.2, 0) is 0 Å². The highest BCUT2D eigenvalue weighted by molar-refractivity contribution is 7.99. The van der Waals surface area contributed by atoms with Gasteiger partial charge in [0.1, 0.15) is 23.4 Å². The maximum atomic E-state index is 9.83. The maximum absolute atomic E-state index is 9.83. The number of nitrogens with zero attached hydrogens (tertiary/aromatic N) is 1. The Hall–Kier alpha value is -1.85. The number of benzene rings is 2. The highest BCUT2D eigenvalue weighted by atomic mass is 32.2. The van der Waals surface area contributed by atoms with Gasteiger partial charge in [-0.25, -0.2) is 0 Å². The fraction of sp³-hybridized carbons (Fsp3) is 0.455. The summed E-state index contributed by atoms with van der Waals surface area (Å²) in [4.78, 5) is 3.54. The standard InChI is InChI=1S/C22H27NO3S/c24-17-8-6-16(7-9-17)22-20(5-4-14-23-12-2-1-3-13-23)26-19-11-10-18(25)15-21(19)27-22/h6-11,15,20,22,24-25H,1-5,12-14H2/t20-,22+/m0/s1. The Morgan fingerprint density at radius 1 is 0.963 bits per heavy atom. The molecule has 2 N–H and O–H groups in total. The van der Waals surface area contributed by atoms with Gasteiger partial charge >= 0.3 is 0 Å². The van der Waals surface area contributed by atoms with E-state index in [0.29, 0.717) is 0 Å². The molecule has 0 aromatic heterocycles. The molecule has 2 aliphatic heterocycles. The van der Waals surface area contributed by atoms with Crippen LogP contribution in [0.15, 0.2) is 47.4 Å². The first-order valence-corrected chi connectivity index (χ1v) is 10.7. The molecule has 0 unspecified atom stereocenters. The van der Waals surface area contributed by atoms with Gasteiger partial charge in [-0.2, -0.15) is 0 Å². The summed E-state index contributed by atoms with van der Waals surface area (Å²) in [7, 11) is 0. The molecule has 2 aromatic rings. The Bertz CT molecular complexity index is 759. The van der Waals surface area contributed by atoms with Gasteiger partial charge < -0.3 is 19.8 Å². The summed E-state index contributed by atoms with van der Waals surface area (Å²) in [6, 6.07) is 12.7. The van der Waals surface area contributed by atoms with Crippen molar-refractivity contribution >= 4 is 11.8 Å². The topological polar surface area (TPSA) is 52.9 Å². The van der Waals surface area contributed by atoms with E-state index in [-0.39, 0.29) is 22.9 Å². The van der Waals surface area contributed by atoms with Gasteiger partial charge in [-0.15, -0.1) is 11.8 Å². The van der Waals surface area contributed by atoms with E-state index in [1.807, 2.05) is 18.2 Å². The Morgan fingerprint density at radius 3 is 2.48 bits per heavy atom. The smallest absolute Gasteiger partial charge is 0.133 e. The lowest BCUT2D eigenvalue weighted by molar-refractivity contribution is 0.159. The van der Waals surface area contributed by atoms with Gasteiger partial charge in [-0.3, -0.25) is 0 Å². The minimum Gasteiger partial charge on any atom is -0.508 e. The second-order valence-electron chi connectivity index (χ2n) is 7.46. The minimum absolute atomic E-state index is 0.0846. The Balaban J connectivity index is 1.48. The zero-order valence-electron chi connectivity index (χ0n) is 15.5. The molecule has 0 radical (unpaired) electrons. The molecule has 2 aliphatic rings. The van der Waals surface area contributed by atoms with Crippen molar-refractivity contribution in [2.45, 2.75) is 48.4 Å². The van der Waals surface area contributed by atoms with E-state index < -0.39 is 0 Å². The second-order valence-corrected chi connectivity index (χ2v) is 8.65. The molecule has 27 heavy (non-hydrogen) atoms. The van der Waals surface area contributed by atoms with E-state index >= 15 is 0 Å².